The fraction of sp³-hybridized carbons (Fsp3) is 0.111. The highest BCUT2D eigenvalue weighted by molar-refractivity contribution is 9.09. The molecular weight excluding hydrogens is 248 g/mol. The maximum absolute atomic E-state index is 10.6. The number of anilines is 1. The molecule has 4 nitrogen and oxygen atoms in total. The van der Waals surface area contributed by atoms with Crippen LogP contribution in [-0.4, -0.2) is 21.4 Å². The smallest absolute Gasteiger partial charge is 0.337 e. The molecule has 14 heavy (non-hydrogen) atoms. The molecule has 0 aliphatic carbocycles. The molecule has 1 heterocycles. The van der Waals surface area contributed by atoms with Crippen LogP contribution in [0.15, 0.2) is 18.3 Å². The van der Waals surface area contributed by atoms with Crippen molar-refractivity contribution in [2.45, 2.75) is 0 Å². The highest BCUT2D eigenvalue weighted by Crippen LogP contribution is 2.12. The number of allylic oxidation sites excluding steroid dienone is 1. The van der Waals surface area contributed by atoms with Gasteiger partial charge in [0.25, 0.3) is 0 Å². The predicted octanol–water partition coefficient (Wildman–Crippen LogP) is 1.77. The van der Waals surface area contributed by atoms with Crippen molar-refractivity contribution in [3.05, 3.63) is 29.5 Å². The number of aromatic nitrogens is 1. The molecule has 5 heteroatoms. The molecule has 74 valence electrons. The van der Waals surface area contributed by atoms with Gasteiger partial charge in [-0.3, -0.25) is 0 Å². The van der Waals surface area contributed by atoms with E-state index in [-0.39, 0.29) is 5.56 Å². The number of hydrogen-bond acceptors (Lipinski definition) is 3. The summed E-state index contributed by atoms with van der Waals surface area (Å²) in [6, 6.07) is 1.49. The second kappa shape index (κ2) is 4.76. The fourth-order valence-electron chi connectivity index (χ4n) is 0.914. The first-order valence-corrected chi connectivity index (χ1v) is 4.98. The van der Waals surface area contributed by atoms with Gasteiger partial charge in [0.2, 0.25) is 0 Å². The topological polar surface area (TPSA) is 76.2 Å². The summed E-state index contributed by atoms with van der Waals surface area (Å²) in [6.07, 6.45) is 4.78. The molecule has 0 radical (unpaired) electrons. The third-order valence-corrected chi connectivity index (χ3v) is 1.96. The van der Waals surface area contributed by atoms with Gasteiger partial charge in [-0.1, -0.05) is 28.1 Å². The highest BCUT2D eigenvalue weighted by atomic mass is 79.9. The number of nitrogen functional groups attached to an aromatic ring is 1. The Morgan fingerprint density at radius 1 is 1.71 bits per heavy atom. The molecule has 0 aliphatic rings. The van der Waals surface area contributed by atoms with Crippen LogP contribution in [0.25, 0.3) is 6.08 Å². The quantitative estimate of drug-likeness (QED) is 0.809. The Morgan fingerprint density at radius 2 is 2.43 bits per heavy atom. The largest absolute Gasteiger partial charge is 0.478 e. The maximum Gasteiger partial charge on any atom is 0.337 e. The van der Waals surface area contributed by atoms with Gasteiger partial charge in [-0.05, 0) is 6.07 Å². The molecule has 1 rings (SSSR count). The zero-order valence-corrected chi connectivity index (χ0v) is 8.86. The normalized spacial score (nSPS) is 10.6. The molecule has 0 aliphatic heterocycles. The van der Waals surface area contributed by atoms with Crippen LogP contribution in [0.4, 0.5) is 5.82 Å². The Labute approximate surface area is 89.6 Å². The Balaban J connectivity index is 3.08. The summed E-state index contributed by atoms with van der Waals surface area (Å²) in [5.41, 5.74) is 6.31. The van der Waals surface area contributed by atoms with Crippen LogP contribution in [0.2, 0.25) is 0 Å². The molecule has 0 fully saturated rings. The van der Waals surface area contributed by atoms with Crippen LogP contribution in [0, 0.1) is 0 Å². The van der Waals surface area contributed by atoms with Crippen LogP contribution in [0.3, 0.4) is 0 Å². The van der Waals surface area contributed by atoms with E-state index in [9.17, 15) is 4.79 Å². The fourth-order valence-corrected chi connectivity index (χ4v) is 1.10. The maximum atomic E-state index is 10.6. The van der Waals surface area contributed by atoms with Crippen LogP contribution >= 0.6 is 15.9 Å². The number of halogens is 1. The summed E-state index contributed by atoms with van der Waals surface area (Å²) in [5, 5.41) is 9.40. The van der Waals surface area contributed by atoms with Crippen molar-refractivity contribution in [3.8, 4) is 0 Å². The Hall–Kier alpha value is -1.36. The second-order valence-electron chi connectivity index (χ2n) is 2.56. The minimum Gasteiger partial charge on any atom is -0.478 e. The van der Waals surface area contributed by atoms with E-state index in [1.165, 1.54) is 12.3 Å². The van der Waals surface area contributed by atoms with Gasteiger partial charge in [-0.15, -0.1) is 0 Å². The second-order valence-corrected chi connectivity index (χ2v) is 3.21. The third kappa shape index (κ3) is 2.56. The van der Waals surface area contributed by atoms with Crippen molar-refractivity contribution in [2.75, 3.05) is 11.1 Å². The number of aromatic carboxylic acids is 1. The number of carbonyl (C=O) groups is 1. The van der Waals surface area contributed by atoms with Gasteiger partial charge in [-0.25, -0.2) is 9.78 Å². The zero-order chi connectivity index (χ0) is 10.6. The SMILES string of the molecule is Nc1ncc(C(=O)O)cc1C=CCBr. The van der Waals surface area contributed by atoms with E-state index in [2.05, 4.69) is 20.9 Å². The Morgan fingerprint density at radius 3 is 3.00 bits per heavy atom. The van der Waals surface area contributed by atoms with E-state index in [0.29, 0.717) is 16.7 Å². The van der Waals surface area contributed by atoms with Crippen molar-refractivity contribution < 1.29 is 9.90 Å². The first-order chi connectivity index (χ1) is 6.65. The first kappa shape index (κ1) is 10.7. The number of pyridine rings is 1. The molecule has 3 N–H and O–H groups in total. The summed E-state index contributed by atoms with van der Waals surface area (Å²) in [5.74, 6) is -0.682. The van der Waals surface area contributed by atoms with Crippen LogP contribution in [-0.2, 0) is 0 Å². The summed E-state index contributed by atoms with van der Waals surface area (Å²) in [6.45, 7) is 0. The minimum absolute atomic E-state index is 0.133. The molecule has 0 spiro atoms. The molecule has 1 aromatic rings. The lowest BCUT2D eigenvalue weighted by Gasteiger charge is -2.00. The summed E-state index contributed by atoms with van der Waals surface area (Å²) in [7, 11) is 0. The Bertz CT molecular complexity index is 377. The van der Waals surface area contributed by atoms with E-state index in [0.717, 1.165) is 0 Å². The van der Waals surface area contributed by atoms with Gasteiger partial charge in [-0.2, -0.15) is 0 Å². The van der Waals surface area contributed by atoms with Gasteiger partial charge in [0.15, 0.2) is 0 Å². The number of rotatable bonds is 3. The molecule has 0 amide bonds. The summed E-state index contributed by atoms with van der Waals surface area (Å²) < 4.78 is 0. The number of nitrogens with two attached hydrogens (primary N) is 1. The standard InChI is InChI=1S/C9H9BrN2O2/c10-3-1-2-6-4-7(9(13)14)5-12-8(6)11/h1-2,4-5H,3H2,(H2,11,12)(H,13,14). The number of nitrogens with zero attached hydrogens (tertiary/aromatic N) is 1. The van der Waals surface area contributed by atoms with E-state index < -0.39 is 5.97 Å². The average Bonchev–Trinajstić information content (AvgIpc) is 2.16. The average molecular weight is 257 g/mol. The zero-order valence-electron chi connectivity index (χ0n) is 7.27. The first-order valence-electron chi connectivity index (χ1n) is 3.86. The van der Waals surface area contributed by atoms with Gasteiger partial charge in [0.1, 0.15) is 5.82 Å². The highest BCUT2D eigenvalue weighted by Gasteiger charge is 2.05. The van der Waals surface area contributed by atoms with Crippen molar-refractivity contribution in [1.29, 1.82) is 0 Å². The van der Waals surface area contributed by atoms with E-state index >= 15 is 0 Å². The molecule has 0 aromatic carbocycles. The molecule has 0 unspecified atom stereocenters. The van der Waals surface area contributed by atoms with Gasteiger partial charge in [0, 0.05) is 17.1 Å². The van der Waals surface area contributed by atoms with Gasteiger partial charge < -0.3 is 10.8 Å². The van der Waals surface area contributed by atoms with Crippen LogP contribution in [0.1, 0.15) is 15.9 Å². The molecule has 0 bridgehead atoms. The Kier molecular flexibility index (Phi) is 3.64. The number of carboxylic acid groups (broad SMARTS) is 1. The molecular formula is C9H9BrN2O2. The third-order valence-electron chi connectivity index (χ3n) is 1.58. The molecule has 0 atom stereocenters. The molecule has 0 saturated carbocycles. The van der Waals surface area contributed by atoms with Crippen LogP contribution < -0.4 is 5.73 Å². The predicted molar refractivity (Wildman–Crippen MR) is 58.4 cm³/mol. The summed E-state index contributed by atoms with van der Waals surface area (Å²) >= 11 is 3.21. The van der Waals surface area contributed by atoms with Crippen molar-refractivity contribution >= 4 is 33.8 Å². The van der Waals surface area contributed by atoms with Gasteiger partial charge >= 0.3 is 5.97 Å². The van der Waals surface area contributed by atoms with Crippen molar-refractivity contribution in [2.24, 2.45) is 0 Å². The van der Waals surface area contributed by atoms with E-state index in [1.54, 1.807) is 6.08 Å². The van der Waals surface area contributed by atoms with Gasteiger partial charge in [0.05, 0.1) is 5.56 Å². The minimum atomic E-state index is -1.01. The lowest BCUT2D eigenvalue weighted by Crippen LogP contribution is -2.01. The number of hydrogen-bond donors (Lipinski definition) is 2. The molecule has 1 aromatic heterocycles. The number of alkyl halides is 1. The summed E-state index contributed by atoms with van der Waals surface area (Å²) in [4.78, 5) is 14.4. The molecule has 0 saturated heterocycles. The van der Waals surface area contributed by atoms with E-state index in [4.69, 9.17) is 10.8 Å². The van der Waals surface area contributed by atoms with Crippen molar-refractivity contribution in [1.82, 2.24) is 4.98 Å². The monoisotopic (exact) mass is 256 g/mol. The lowest BCUT2D eigenvalue weighted by molar-refractivity contribution is 0.0696. The van der Waals surface area contributed by atoms with Crippen LogP contribution in [0.5, 0.6) is 0 Å². The number of carboxylic acids is 1. The van der Waals surface area contributed by atoms with E-state index in [1.807, 2.05) is 6.08 Å². The van der Waals surface area contributed by atoms with Crippen molar-refractivity contribution in [3.63, 3.8) is 0 Å². The lowest BCUT2D eigenvalue weighted by atomic mass is 10.2.